The van der Waals surface area contributed by atoms with Crippen LogP contribution in [-0.2, 0) is 22.3 Å². The zero-order valence-electron chi connectivity index (χ0n) is 12.5. The van der Waals surface area contributed by atoms with E-state index in [9.17, 15) is 0 Å². The van der Waals surface area contributed by atoms with Crippen LogP contribution in [0.3, 0.4) is 0 Å². The van der Waals surface area contributed by atoms with Gasteiger partial charge < -0.3 is 14.8 Å². The lowest BCUT2D eigenvalue weighted by atomic mass is 9.94. The van der Waals surface area contributed by atoms with Crippen LogP contribution in [0.15, 0.2) is 24.3 Å². The van der Waals surface area contributed by atoms with Crippen molar-refractivity contribution in [1.82, 2.24) is 5.32 Å². The van der Waals surface area contributed by atoms with Gasteiger partial charge in [0.15, 0.2) is 6.29 Å². The molecule has 1 N–H and O–H groups in total. The fourth-order valence-corrected chi connectivity index (χ4v) is 3.98. The van der Waals surface area contributed by atoms with Crippen LogP contribution in [0.4, 0.5) is 0 Å². The van der Waals surface area contributed by atoms with Gasteiger partial charge in [-0.25, -0.2) is 0 Å². The number of benzene rings is 1. The quantitative estimate of drug-likeness (QED) is 0.837. The first-order valence-electron chi connectivity index (χ1n) is 7.67. The van der Waals surface area contributed by atoms with Gasteiger partial charge in [-0.1, -0.05) is 24.3 Å². The molecule has 2 aliphatic rings. The Morgan fingerprint density at radius 3 is 2.10 bits per heavy atom. The molecule has 110 valence electrons. The van der Waals surface area contributed by atoms with Crippen molar-refractivity contribution in [3.05, 3.63) is 35.4 Å². The summed E-state index contributed by atoms with van der Waals surface area (Å²) in [6.07, 6.45) is 4.99. The Balaban J connectivity index is 1.69. The van der Waals surface area contributed by atoms with Gasteiger partial charge in [-0.05, 0) is 48.6 Å². The molecule has 0 saturated heterocycles. The van der Waals surface area contributed by atoms with Gasteiger partial charge in [-0.15, -0.1) is 0 Å². The number of rotatable bonds is 5. The maximum atomic E-state index is 5.29. The van der Waals surface area contributed by atoms with E-state index in [1.54, 1.807) is 25.3 Å². The van der Waals surface area contributed by atoms with E-state index in [1.807, 2.05) is 0 Å². The third kappa shape index (κ3) is 2.76. The summed E-state index contributed by atoms with van der Waals surface area (Å²) in [5.74, 6) is 1.52. The molecule has 2 atom stereocenters. The standard InChI is InChI=1S/C17H25NO2/c1-19-16(20-2)11-18-17-14-7-8-15(17)10-13-6-4-3-5-12(13)9-14/h3-6,14-18H,7-11H2,1-2H3. The lowest BCUT2D eigenvalue weighted by Gasteiger charge is -2.25. The summed E-state index contributed by atoms with van der Waals surface area (Å²) in [5, 5.41) is 3.71. The topological polar surface area (TPSA) is 30.5 Å². The van der Waals surface area contributed by atoms with Gasteiger partial charge in [0.25, 0.3) is 0 Å². The average Bonchev–Trinajstić information content (AvgIpc) is 2.75. The van der Waals surface area contributed by atoms with Crippen LogP contribution in [0.1, 0.15) is 24.0 Å². The first kappa shape index (κ1) is 14.1. The van der Waals surface area contributed by atoms with Gasteiger partial charge in [0.2, 0.25) is 0 Å². The third-order valence-electron chi connectivity index (χ3n) is 5.05. The molecule has 3 nitrogen and oxygen atoms in total. The van der Waals surface area contributed by atoms with Crippen molar-refractivity contribution in [3.63, 3.8) is 0 Å². The fourth-order valence-electron chi connectivity index (χ4n) is 3.98. The van der Waals surface area contributed by atoms with E-state index in [2.05, 4.69) is 29.6 Å². The molecular weight excluding hydrogens is 250 g/mol. The predicted molar refractivity (Wildman–Crippen MR) is 79.7 cm³/mol. The highest BCUT2D eigenvalue weighted by atomic mass is 16.7. The number of fused-ring (bicyclic) bond motifs is 3. The molecule has 0 spiro atoms. The molecule has 0 aliphatic heterocycles. The second-order valence-electron chi connectivity index (χ2n) is 6.11. The monoisotopic (exact) mass is 275 g/mol. The van der Waals surface area contributed by atoms with Crippen molar-refractivity contribution in [3.8, 4) is 0 Å². The predicted octanol–water partition coefficient (Wildman–Crippen LogP) is 2.39. The van der Waals surface area contributed by atoms with E-state index in [0.717, 1.165) is 18.4 Å². The average molecular weight is 275 g/mol. The summed E-state index contributed by atoms with van der Waals surface area (Å²) in [6, 6.07) is 9.56. The molecule has 1 fully saturated rings. The molecule has 1 saturated carbocycles. The molecule has 2 bridgehead atoms. The van der Waals surface area contributed by atoms with Gasteiger partial charge in [0.1, 0.15) is 0 Å². The largest absolute Gasteiger partial charge is 0.355 e. The van der Waals surface area contributed by atoms with E-state index >= 15 is 0 Å². The van der Waals surface area contributed by atoms with Crippen molar-refractivity contribution < 1.29 is 9.47 Å². The molecule has 1 aromatic rings. The molecule has 2 unspecified atom stereocenters. The third-order valence-corrected chi connectivity index (χ3v) is 5.05. The first-order valence-corrected chi connectivity index (χ1v) is 7.67. The van der Waals surface area contributed by atoms with Gasteiger partial charge in [0.05, 0.1) is 0 Å². The zero-order chi connectivity index (χ0) is 13.9. The van der Waals surface area contributed by atoms with Crippen molar-refractivity contribution in [2.24, 2.45) is 11.8 Å². The summed E-state index contributed by atoms with van der Waals surface area (Å²) in [4.78, 5) is 0. The molecule has 3 rings (SSSR count). The van der Waals surface area contributed by atoms with Gasteiger partial charge in [-0.2, -0.15) is 0 Å². The minimum atomic E-state index is -0.139. The molecule has 0 heterocycles. The van der Waals surface area contributed by atoms with Crippen LogP contribution in [0, 0.1) is 11.8 Å². The maximum Gasteiger partial charge on any atom is 0.169 e. The SMILES string of the molecule is COC(CNC1C2CCC1Cc1ccccc1C2)OC. The highest BCUT2D eigenvalue weighted by Gasteiger charge is 2.38. The fraction of sp³-hybridized carbons (Fsp3) is 0.647. The summed E-state index contributed by atoms with van der Waals surface area (Å²) < 4.78 is 10.6. The summed E-state index contributed by atoms with van der Waals surface area (Å²) in [5.41, 5.74) is 3.11. The van der Waals surface area contributed by atoms with Gasteiger partial charge >= 0.3 is 0 Å². The minimum Gasteiger partial charge on any atom is -0.355 e. The molecule has 3 heteroatoms. The molecular formula is C17H25NO2. The van der Waals surface area contributed by atoms with Crippen molar-refractivity contribution in [2.45, 2.75) is 38.0 Å². The summed E-state index contributed by atoms with van der Waals surface area (Å²) in [6.45, 7) is 0.779. The van der Waals surface area contributed by atoms with Crippen LogP contribution in [0.2, 0.25) is 0 Å². The maximum absolute atomic E-state index is 5.29. The molecule has 1 aromatic carbocycles. The van der Waals surface area contributed by atoms with Crippen LogP contribution in [-0.4, -0.2) is 33.1 Å². The Labute approximate surface area is 121 Å². The highest BCUT2D eigenvalue weighted by molar-refractivity contribution is 5.30. The molecule has 0 radical (unpaired) electrons. The Hall–Kier alpha value is -0.900. The number of methoxy groups -OCH3 is 2. The Bertz CT molecular complexity index is 411. The lowest BCUT2D eigenvalue weighted by molar-refractivity contribution is -0.101. The molecule has 0 amide bonds. The van der Waals surface area contributed by atoms with E-state index < -0.39 is 0 Å². The lowest BCUT2D eigenvalue weighted by Crippen LogP contribution is -2.42. The number of nitrogens with one attached hydrogen (secondary N) is 1. The van der Waals surface area contributed by atoms with Crippen molar-refractivity contribution in [2.75, 3.05) is 20.8 Å². The van der Waals surface area contributed by atoms with Crippen LogP contribution >= 0.6 is 0 Å². The summed E-state index contributed by atoms with van der Waals surface area (Å²) in [7, 11) is 3.40. The van der Waals surface area contributed by atoms with Gasteiger partial charge in [0, 0.05) is 26.8 Å². The Morgan fingerprint density at radius 2 is 1.60 bits per heavy atom. The van der Waals surface area contributed by atoms with E-state index in [-0.39, 0.29) is 6.29 Å². The zero-order valence-corrected chi connectivity index (χ0v) is 12.5. The van der Waals surface area contributed by atoms with Crippen molar-refractivity contribution in [1.29, 1.82) is 0 Å². The number of hydrogen-bond donors (Lipinski definition) is 1. The second-order valence-corrected chi connectivity index (χ2v) is 6.11. The van der Waals surface area contributed by atoms with E-state index in [0.29, 0.717) is 6.04 Å². The number of hydrogen-bond acceptors (Lipinski definition) is 3. The van der Waals surface area contributed by atoms with Crippen LogP contribution < -0.4 is 5.32 Å². The van der Waals surface area contributed by atoms with Crippen molar-refractivity contribution >= 4 is 0 Å². The Kier molecular flexibility index (Phi) is 4.39. The van der Waals surface area contributed by atoms with Crippen LogP contribution in [0.5, 0.6) is 0 Å². The summed E-state index contributed by atoms with van der Waals surface area (Å²) >= 11 is 0. The van der Waals surface area contributed by atoms with Gasteiger partial charge in [-0.3, -0.25) is 0 Å². The molecule has 0 aromatic heterocycles. The first-order chi connectivity index (χ1) is 9.81. The number of ether oxygens (including phenoxy) is 2. The Morgan fingerprint density at radius 1 is 1.05 bits per heavy atom. The van der Waals surface area contributed by atoms with Crippen LogP contribution in [0.25, 0.3) is 0 Å². The minimum absolute atomic E-state index is 0.139. The smallest absolute Gasteiger partial charge is 0.169 e. The highest BCUT2D eigenvalue weighted by Crippen LogP contribution is 2.39. The van der Waals surface area contributed by atoms with E-state index in [4.69, 9.17) is 9.47 Å². The second kappa shape index (κ2) is 6.25. The van der Waals surface area contributed by atoms with E-state index in [1.165, 1.54) is 25.7 Å². The normalized spacial score (nSPS) is 28.4. The molecule has 2 aliphatic carbocycles. The molecule has 20 heavy (non-hydrogen) atoms.